The summed E-state index contributed by atoms with van der Waals surface area (Å²) in [7, 11) is 0. The Morgan fingerprint density at radius 3 is 2.77 bits per heavy atom. The Hall–Kier alpha value is -2.25. The fourth-order valence-corrected chi connectivity index (χ4v) is 2.97. The number of amides is 1. The highest BCUT2D eigenvalue weighted by Crippen LogP contribution is 2.24. The van der Waals surface area contributed by atoms with Gasteiger partial charge in [0, 0.05) is 37.2 Å². The maximum Gasteiger partial charge on any atom is 0.220 e. The molecule has 0 bridgehead atoms. The van der Waals surface area contributed by atoms with E-state index in [-0.39, 0.29) is 11.7 Å². The number of hydrogen-bond acceptors (Lipinski definition) is 5. The molecule has 1 amide bonds. The Bertz CT molecular complexity index is 696. The number of morpholine rings is 1. The first-order valence-corrected chi connectivity index (χ1v) is 8.98. The number of rotatable bonds is 8. The summed E-state index contributed by atoms with van der Waals surface area (Å²) in [6.07, 6.45) is 3.45. The van der Waals surface area contributed by atoms with Crippen LogP contribution in [-0.2, 0) is 16.0 Å². The zero-order valence-electron chi connectivity index (χ0n) is 14.7. The molecule has 1 fully saturated rings. The molecule has 0 atom stereocenters. The molecule has 2 aromatic rings. The van der Waals surface area contributed by atoms with E-state index in [4.69, 9.17) is 9.26 Å². The molecule has 0 saturated carbocycles. The van der Waals surface area contributed by atoms with E-state index in [0.717, 1.165) is 50.4 Å². The maximum atomic E-state index is 13.0. The highest BCUT2D eigenvalue weighted by molar-refractivity contribution is 5.76. The first-order chi connectivity index (χ1) is 12.7. The largest absolute Gasteiger partial charge is 0.379 e. The third-order valence-electron chi connectivity index (χ3n) is 4.45. The first-order valence-electron chi connectivity index (χ1n) is 8.98. The van der Waals surface area contributed by atoms with Crippen molar-refractivity contribution in [1.82, 2.24) is 15.4 Å². The smallest absolute Gasteiger partial charge is 0.220 e. The summed E-state index contributed by atoms with van der Waals surface area (Å²) < 4.78 is 23.6. The van der Waals surface area contributed by atoms with Crippen LogP contribution in [0.4, 0.5) is 4.39 Å². The molecule has 1 aromatic carbocycles. The summed E-state index contributed by atoms with van der Waals surface area (Å²) in [6.45, 7) is 5.17. The standard InChI is InChI=1S/C19H24FN3O3/c20-17-5-2-15(3-6-17)19-16(14-22-26-19)4-7-18(24)21-8-1-9-23-10-12-25-13-11-23/h2-3,5-6,14H,1,4,7-13H2,(H,21,24). The number of nitrogens with one attached hydrogen (secondary N) is 1. The van der Waals surface area contributed by atoms with Gasteiger partial charge >= 0.3 is 0 Å². The molecule has 0 radical (unpaired) electrons. The van der Waals surface area contributed by atoms with Crippen LogP contribution in [0.2, 0.25) is 0 Å². The first kappa shape index (κ1) is 18.5. The number of nitrogens with zero attached hydrogens (tertiary/aromatic N) is 2. The maximum absolute atomic E-state index is 13.0. The van der Waals surface area contributed by atoms with Crippen LogP contribution in [0, 0.1) is 5.82 Å². The Morgan fingerprint density at radius 1 is 1.23 bits per heavy atom. The Morgan fingerprint density at radius 2 is 2.00 bits per heavy atom. The molecule has 140 valence electrons. The van der Waals surface area contributed by atoms with Crippen LogP contribution in [-0.4, -0.2) is 55.4 Å². The minimum atomic E-state index is -0.300. The molecule has 7 heteroatoms. The van der Waals surface area contributed by atoms with Crippen molar-refractivity contribution in [3.63, 3.8) is 0 Å². The molecule has 1 aliphatic heterocycles. The summed E-state index contributed by atoms with van der Waals surface area (Å²) in [6, 6.07) is 6.04. The molecule has 2 heterocycles. The number of aryl methyl sites for hydroxylation is 1. The van der Waals surface area contributed by atoms with Crippen molar-refractivity contribution in [3.05, 3.63) is 41.8 Å². The fraction of sp³-hybridized carbons (Fsp3) is 0.474. The highest BCUT2D eigenvalue weighted by atomic mass is 19.1. The Kier molecular flexibility index (Phi) is 6.74. The molecule has 3 rings (SSSR count). The molecule has 1 saturated heterocycles. The van der Waals surface area contributed by atoms with Crippen molar-refractivity contribution < 1.29 is 18.4 Å². The molecule has 0 unspecified atom stereocenters. The summed E-state index contributed by atoms with van der Waals surface area (Å²) in [5, 5.41) is 6.76. The Balaban J connectivity index is 1.39. The summed E-state index contributed by atoms with van der Waals surface area (Å²) in [5.41, 5.74) is 1.60. The van der Waals surface area contributed by atoms with Crippen molar-refractivity contribution in [1.29, 1.82) is 0 Å². The van der Waals surface area contributed by atoms with E-state index in [0.29, 0.717) is 25.1 Å². The van der Waals surface area contributed by atoms with Crippen LogP contribution >= 0.6 is 0 Å². The highest BCUT2D eigenvalue weighted by Gasteiger charge is 2.13. The monoisotopic (exact) mass is 361 g/mol. The van der Waals surface area contributed by atoms with Crippen molar-refractivity contribution in [2.75, 3.05) is 39.4 Å². The third kappa shape index (κ3) is 5.37. The molecule has 1 aromatic heterocycles. The van der Waals surface area contributed by atoms with Gasteiger partial charge in [0.2, 0.25) is 5.91 Å². The van der Waals surface area contributed by atoms with Crippen LogP contribution in [0.1, 0.15) is 18.4 Å². The van der Waals surface area contributed by atoms with E-state index in [9.17, 15) is 9.18 Å². The van der Waals surface area contributed by atoms with Gasteiger partial charge in [0.15, 0.2) is 5.76 Å². The summed E-state index contributed by atoms with van der Waals surface area (Å²) in [4.78, 5) is 14.4. The molecule has 1 aliphatic rings. The van der Waals surface area contributed by atoms with E-state index < -0.39 is 0 Å². The number of carbonyl (C=O) groups is 1. The van der Waals surface area contributed by atoms with Gasteiger partial charge in [-0.2, -0.15) is 0 Å². The van der Waals surface area contributed by atoms with Crippen LogP contribution in [0.3, 0.4) is 0 Å². The number of aromatic nitrogens is 1. The van der Waals surface area contributed by atoms with Gasteiger partial charge < -0.3 is 14.6 Å². The lowest BCUT2D eigenvalue weighted by Crippen LogP contribution is -2.38. The lowest BCUT2D eigenvalue weighted by atomic mass is 10.1. The molecule has 1 N–H and O–H groups in total. The van der Waals surface area contributed by atoms with Crippen LogP contribution in [0.5, 0.6) is 0 Å². The van der Waals surface area contributed by atoms with Gasteiger partial charge in [-0.05, 0) is 43.7 Å². The zero-order chi connectivity index (χ0) is 18.2. The molecule has 26 heavy (non-hydrogen) atoms. The average molecular weight is 361 g/mol. The van der Waals surface area contributed by atoms with Crippen LogP contribution < -0.4 is 5.32 Å². The lowest BCUT2D eigenvalue weighted by Gasteiger charge is -2.26. The molecule has 0 spiro atoms. The predicted octanol–water partition coefficient (Wildman–Crippen LogP) is 2.25. The molecule has 6 nitrogen and oxygen atoms in total. The van der Waals surface area contributed by atoms with Crippen molar-refractivity contribution >= 4 is 5.91 Å². The number of ether oxygens (including phenoxy) is 1. The van der Waals surface area contributed by atoms with Crippen LogP contribution in [0.25, 0.3) is 11.3 Å². The topological polar surface area (TPSA) is 67.6 Å². The van der Waals surface area contributed by atoms with Gasteiger partial charge in [-0.25, -0.2) is 4.39 Å². The minimum absolute atomic E-state index is 0.0123. The Labute approximate surface area is 152 Å². The number of halogens is 1. The number of hydrogen-bond donors (Lipinski definition) is 1. The second-order valence-corrected chi connectivity index (χ2v) is 6.34. The van der Waals surface area contributed by atoms with E-state index in [1.54, 1.807) is 18.3 Å². The minimum Gasteiger partial charge on any atom is -0.379 e. The summed E-state index contributed by atoms with van der Waals surface area (Å²) >= 11 is 0. The number of carbonyl (C=O) groups excluding carboxylic acids is 1. The zero-order valence-corrected chi connectivity index (χ0v) is 14.7. The number of benzene rings is 1. The molecule has 0 aliphatic carbocycles. The summed E-state index contributed by atoms with van der Waals surface area (Å²) in [5.74, 6) is 0.301. The van der Waals surface area contributed by atoms with Gasteiger partial charge in [0.05, 0.1) is 19.4 Å². The van der Waals surface area contributed by atoms with Gasteiger partial charge in [-0.1, -0.05) is 5.16 Å². The molecular weight excluding hydrogens is 337 g/mol. The van der Waals surface area contributed by atoms with Gasteiger partial charge in [-0.3, -0.25) is 9.69 Å². The average Bonchev–Trinajstić information content (AvgIpc) is 3.14. The molecular formula is C19H24FN3O3. The van der Waals surface area contributed by atoms with E-state index in [2.05, 4.69) is 15.4 Å². The fourth-order valence-electron chi connectivity index (χ4n) is 2.97. The quantitative estimate of drug-likeness (QED) is 0.731. The van der Waals surface area contributed by atoms with Crippen LogP contribution in [0.15, 0.2) is 35.0 Å². The van der Waals surface area contributed by atoms with Crippen molar-refractivity contribution in [2.45, 2.75) is 19.3 Å². The normalized spacial score (nSPS) is 15.1. The second-order valence-electron chi connectivity index (χ2n) is 6.34. The lowest BCUT2D eigenvalue weighted by molar-refractivity contribution is -0.121. The van der Waals surface area contributed by atoms with Gasteiger partial charge in [0.25, 0.3) is 0 Å². The van der Waals surface area contributed by atoms with E-state index >= 15 is 0 Å². The van der Waals surface area contributed by atoms with Gasteiger partial charge in [-0.15, -0.1) is 0 Å². The predicted molar refractivity (Wildman–Crippen MR) is 95.1 cm³/mol. The SMILES string of the molecule is O=C(CCc1cnoc1-c1ccc(F)cc1)NCCCN1CCOCC1. The van der Waals surface area contributed by atoms with Crippen molar-refractivity contribution in [2.24, 2.45) is 0 Å². The van der Waals surface area contributed by atoms with Crippen molar-refractivity contribution in [3.8, 4) is 11.3 Å². The third-order valence-corrected chi connectivity index (χ3v) is 4.45. The van der Waals surface area contributed by atoms with E-state index in [1.807, 2.05) is 0 Å². The van der Waals surface area contributed by atoms with Gasteiger partial charge in [0.1, 0.15) is 5.82 Å². The van der Waals surface area contributed by atoms with E-state index in [1.165, 1.54) is 12.1 Å². The second kappa shape index (κ2) is 9.45.